The number of rotatable bonds is 4. The van der Waals surface area contributed by atoms with E-state index in [9.17, 15) is 4.79 Å². The quantitative estimate of drug-likeness (QED) is 0.448. The topological polar surface area (TPSA) is 51.5 Å². The molecule has 0 aliphatic carbocycles. The van der Waals surface area contributed by atoms with Gasteiger partial charge in [0.1, 0.15) is 16.9 Å². The minimum atomic E-state index is -0.623. The molecule has 0 saturated heterocycles. The van der Waals surface area contributed by atoms with E-state index < -0.39 is 6.10 Å². The summed E-state index contributed by atoms with van der Waals surface area (Å²) in [6, 6.07) is 21.5. The Kier molecular flexibility index (Phi) is 4.79. The smallest absolute Gasteiger partial charge is 0.265 e. The molecule has 4 heteroatoms. The zero-order valence-corrected chi connectivity index (χ0v) is 17.2. The van der Waals surface area contributed by atoms with Gasteiger partial charge < -0.3 is 14.5 Å². The summed E-state index contributed by atoms with van der Waals surface area (Å²) in [6.07, 6.45) is -0.623. The van der Waals surface area contributed by atoms with Gasteiger partial charge in [-0.3, -0.25) is 4.79 Å². The first-order valence-electron chi connectivity index (χ1n) is 9.80. The van der Waals surface area contributed by atoms with Gasteiger partial charge in [-0.25, -0.2) is 0 Å². The number of carbonyl (C=O) groups is 1. The summed E-state index contributed by atoms with van der Waals surface area (Å²) < 4.78 is 11.7. The lowest BCUT2D eigenvalue weighted by atomic mass is 9.87. The molecular weight excluding hydrogens is 362 g/mol. The first kappa shape index (κ1) is 19.1. The van der Waals surface area contributed by atoms with Crippen molar-refractivity contribution in [2.75, 3.05) is 5.32 Å². The highest BCUT2D eigenvalue weighted by atomic mass is 16.5. The molecule has 1 atom stereocenters. The molecule has 1 N–H and O–H groups in total. The molecule has 4 aromatic rings. The lowest BCUT2D eigenvalue weighted by molar-refractivity contribution is -0.122. The van der Waals surface area contributed by atoms with E-state index in [1.807, 2.05) is 66.7 Å². The summed E-state index contributed by atoms with van der Waals surface area (Å²) in [5, 5.41) is 5.01. The third-order valence-corrected chi connectivity index (χ3v) is 5.05. The predicted molar refractivity (Wildman–Crippen MR) is 118 cm³/mol. The molecular formula is C25H25NO3. The van der Waals surface area contributed by atoms with Crippen LogP contribution in [-0.2, 0) is 10.2 Å². The van der Waals surface area contributed by atoms with E-state index in [4.69, 9.17) is 9.15 Å². The standard InChI is InChI=1S/C25H25NO3/c1-16(28-19-12-9-17(10-13-19)25(2,3)4)24(27)26-18-11-14-21-20-7-5-6-8-22(20)29-23(21)15-18/h5-16H,1-4H3,(H,26,27)/t16-/m0/s1. The zero-order valence-electron chi connectivity index (χ0n) is 17.2. The SMILES string of the molecule is C[C@H](Oc1ccc(C(C)(C)C)cc1)C(=O)Nc1ccc2c(c1)oc1ccccc12. The molecule has 4 rings (SSSR count). The van der Waals surface area contributed by atoms with Crippen LogP contribution in [0, 0.1) is 0 Å². The van der Waals surface area contributed by atoms with Crippen LogP contribution in [0.3, 0.4) is 0 Å². The maximum absolute atomic E-state index is 12.6. The average molecular weight is 387 g/mol. The number of furan rings is 1. The number of hydrogen-bond donors (Lipinski definition) is 1. The van der Waals surface area contributed by atoms with Crippen LogP contribution in [-0.4, -0.2) is 12.0 Å². The number of carbonyl (C=O) groups excluding carboxylic acids is 1. The first-order chi connectivity index (χ1) is 13.8. The van der Waals surface area contributed by atoms with Crippen molar-refractivity contribution in [1.29, 1.82) is 0 Å². The van der Waals surface area contributed by atoms with E-state index in [1.165, 1.54) is 5.56 Å². The van der Waals surface area contributed by atoms with Crippen molar-refractivity contribution in [1.82, 2.24) is 0 Å². The van der Waals surface area contributed by atoms with Gasteiger partial charge in [-0.05, 0) is 48.2 Å². The summed E-state index contributed by atoms with van der Waals surface area (Å²) in [5.74, 6) is 0.466. The largest absolute Gasteiger partial charge is 0.481 e. The van der Waals surface area contributed by atoms with Crippen LogP contribution in [0.5, 0.6) is 5.75 Å². The van der Waals surface area contributed by atoms with Crippen molar-refractivity contribution in [2.45, 2.75) is 39.2 Å². The van der Waals surface area contributed by atoms with Gasteiger partial charge in [0.25, 0.3) is 5.91 Å². The number of hydrogen-bond acceptors (Lipinski definition) is 3. The number of para-hydroxylation sites is 1. The number of ether oxygens (including phenoxy) is 1. The van der Waals surface area contributed by atoms with Crippen LogP contribution < -0.4 is 10.1 Å². The lowest BCUT2D eigenvalue weighted by Gasteiger charge is -2.20. The Morgan fingerprint density at radius 1 is 0.931 bits per heavy atom. The molecule has 4 nitrogen and oxygen atoms in total. The maximum atomic E-state index is 12.6. The van der Waals surface area contributed by atoms with Crippen LogP contribution in [0.25, 0.3) is 21.9 Å². The molecule has 1 heterocycles. The van der Waals surface area contributed by atoms with E-state index in [0.29, 0.717) is 11.4 Å². The molecule has 29 heavy (non-hydrogen) atoms. The van der Waals surface area contributed by atoms with E-state index in [2.05, 4.69) is 26.1 Å². The van der Waals surface area contributed by atoms with Crippen molar-refractivity contribution in [3.8, 4) is 5.75 Å². The van der Waals surface area contributed by atoms with E-state index in [-0.39, 0.29) is 11.3 Å². The Hall–Kier alpha value is -3.27. The maximum Gasteiger partial charge on any atom is 0.265 e. The Labute approximate surface area is 170 Å². The fraction of sp³-hybridized carbons (Fsp3) is 0.240. The Balaban J connectivity index is 1.46. The minimum absolute atomic E-state index is 0.0802. The van der Waals surface area contributed by atoms with Gasteiger partial charge in [0, 0.05) is 22.5 Å². The molecule has 1 aromatic heterocycles. The molecule has 0 unspecified atom stereocenters. The van der Waals surface area contributed by atoms with Crippen molar-refractivity contribution in [2.24, 2.45) is 0 Å². The summed E-state index contributed by atoms with van der Waals surface area (Å²) in [5.41, 5.74) is 3.56. The van der Waals surface area contributed by atoms with Gasteiger partial charge in [0.2, 0.25) is 0 Å². The second kappa shape index (κ2) is 7.28. The van der Waals surface area contributed by atoms with Crippen LogP contribution in [0.15, 0.2) is 71.1 Å². The highest BCUT2D eigenvalue weighted by molar-refractivity contribution is 6.06. The lowest BCUT2D eigenvalue weighted by Crippen LogP contribution is -2.30. The predicted octanol–water partition coefficient (Wildman–Crippen LogP) is 6.29. The molecule has 0 bridgehead atoms. The van der Waals surface area contributed by atoms with Gasteiger partial charge in [0.15, 0.2) is 6.10 Å². The number of nitrogens with one attached hydrogen (secondary N) is 1. The summed E-state index contributed by atoms with van der Waals surface area (Å²) in [6.45, 7) is 8.24. The van der Waals surface area contributed by atoms with E-state index >= 15 is 0 Å². The van der Waals surface area contributed by atoms with E-state index in [1.54, 1.807) is 6.92 Å². The van der Waals surface area contributed by atoms with Gasteiger partial charge in [-0.1, -0.05) is 51.1 Å². The molecule has 0 aliphatic rings. The van der Waals surface area contributed by atoms with Crippen molar-refractivity contribution >= 4 is 33.5 Å². The van der Waals surface area contributed by atoms with Gasteiger partial charge in [-0.15, -0.1) is 0 Å². The highest BCUT2D eigenvalue weighted by Crippen LogP contribution is 2.30. The van der Waals surface area contributed by atoms with Crippen LogP contribution in [0.2, 0.25) is 0 Å². The monoisotopic (exact) mass is 387 g/mol. The molecule has 0 saturated carbocycles. The zero-order chi connectivity index (χ0) is 20.6. The molecule has 148 valence electrons. The Morgan fingerprint density at radius 3 is 2.34 bits per heavy atom. The Morgan fingerprint density at radius 2 is 1.62 bits per heavy atom. The minimum Gasteiger partial charge on any atom is -0.481 e. The normalized spacial score (nSPS) is 12.8. The molecule has 0 aliphatic heterocycles. The van der Waals surface area contributed by atoms with Crippen LogP contribution in [0.4, 0.5) is 5.69 Å². The average Bonchev–Trinajstić information content (AvgIpc) is 3.05. The third-order valence-electron chi connectivity index (χ3n) is 5.05. The fourth-order valence-corrected chi connectivity index (χ4v) is 3.34. The number of amides is 1. The second-order valence-electron chi connectivity index (χ2n) is 8.33. The molecule has 0 fully saturated rings. The second-order valence-corrected chi connectivity index (χ2v) is 8.33. The molecule has 0 radical (unpaired) electrons. The fourth-order valence-electron chi connectivity index (χ4n) is 3.34. The van der Waals surface area contributed by atoms with Gasteiger partial charge in [0.05, 0.1) is 0 Å². The number of anilines is 1. The van der Waals surface area contributed by atoms with E-state index in [0.717, 1.165) is 21.9 Å². The Bertz CT molecular complexity index is 1170. The van der Waals surface area contributed by atoms with Crippen LogP contribution in [0.1, 0.15) is 33.3 Å². The van der Waals surface area contributed by atoms with Crippen molar-refractivity contribution < 1.29 is 13.9 Å². The summed E-state index contributed by atoms with van der Waals surface area (Å²) >= 11 is 0. The highest BCUT2D eigenvalue weighted by Gasteiger charge is 2.17. The number of fused-ring (bicyclic) bond motifs is 3. The molecule has 1 amide bonds. The third kappa shape index (κ3) is 3.97. The van der Waals surface area contributed by atoms with Crippen molar-refractivity contribution in [3.05, 3.63) is 72.3 Å². The molecule has 0 spiro atoms. The van der Waals surface area contributed by atoms with Gasteiger partial charge >= 0.3 is 0 Å². The summed E-state index contributed by atoms with van der Waals surface area (Å²) in [4.78, 5) is 12.6. The van der Waals surface area contributed by atoms with Gasteiger partial charge in [-0.2, -0.15) is 0 Å². The first-order valence-corrected chi connectivity index (χ1v) is 9.80. The summed E-state index contributed by atoms with van der Waals surface area (Å²) in [7, 11) is 0. The van der Waals surface area contributed by atoms with Crippen molar-refractivity contribution in [3.63, 3.8) is 0 Å². The molecule has 3 aromatic carbocycles. The number of benzene rings is 3. The van der Waals surface area contributed by atoms with Crippen LogP contribution >= 0.6 is 0 Å².